The second kappa shape index (κ2) is 5.42. The minimum absolute atomic E-state index is 0.440. The third kappa shape index (κ3) is 3.35. The van der Waals surface area contributed by atoms with Gasteiger partial charge in [0.2, 0.25) is 0 Å². The Hall–Kier alpha value is -0.470. The fraction of sp³-hybridized carbons (Fsp3) is 0.500. The number of thioether (sulfide) groups is 1. The summed E-state index contributed by atoms with van der Waals surface area (Å²) in [7, 11) is 0. The van der Waals surface area contributed by atoms with Crippen molar-refractivity contribution in [1.29, 1.82) is 0 Å². The first-order valence-corrected chi connectivity index (χ1v) is 6.00. The average molecular weight is 209 g/mol. The number of hydrogen-bond acceptors (Lipinski definition) is 2. The van der Waals surface area contributed by atoms with Crippen LogP contribution in [0.5, 0.6) is 0 Å². The van der Waals surface area contributed by atoms with Gasteiger partial charge in [0.25, 0.3) is 0 Å². The highest BCUT2D eigenvalue weighted by Crippen LogP contribution is 2.31. The van der Waals surface area contributed by atoms with E-state index in [0.717, 1.165) is 0 Å². The Bertz CT molecular complexity index is 283. The van der Waals surface area contributed by atoms with Crippen LogP contribution in [0.25, 0.3) is 0 Å². The van der Waals surface area contributed by atoms with Gasteiger partial charge in [-0.25, -0.2) is 0 Å². The molecule has 1 atom stereocenters. The summed E-state index contributed by atoms with van der Waals surface area (Å²) in [5, 5.41) is 1.07. The van der Waals surface area contributed by atoms with Crippen molar-refractivity contribution in [3.63, 3.8) is 0 Å². The molecule has 1 aromatic rings. The number of rotatable bonds is 4. The van der Waals surface area contributed by atoms with Crippen LogP contribution in [0.1, 0.15) is 30.2 Å². The van der Waals surface area contributed by atoms with Crippen molar-refractivity contribution < 1.29 is 0 Å². The van der Waals surface area contributed by atoms with E-state index in [4.69, 9.17) is 5.73 Å². The van der Waals surface area contributed by atoms with Crippen LogP contribution in [0.3, 0.4) is 0 Å². The van der Waals surface area contributed by atoms with Crippen LogP contribution in [-0.2, 0) is 0 Å². The Morgan fingerprint density at radius 2 is 2.07 bits per heavy atom. The smallest absolute Gasteiger partial charge is 0.0422 e. The summed E-state index contributed by atoms with van der Waals surface area (Å²) in [5.41, 5.74) is 8.45. The van der Waals surface area contributed by atoms with Gasteiger partial charge in [-0.1, -0.05) is 43.7 Å². The van der Waals surface area contributed by atoms with E-state index in [1.807, 2.05) is 11.8 Å². The fourth-order valence-electron chi connectivity index (χ4n) is 1.47. The molecule has 0 aromatic heterocycles. The molecule has 0 bridgehead atoms. The molecule has 78 valence electrons. The predicted octanol–water partition coefficient (Wildman–Crippen LogP) is 3.14. The Morgan fingerprint density at radius 3 is 2.57 bits per heavy atom. The molecule has 1 nitrogen and oxygen atoms in total. The standard InChI is InChI=1S/C12H19NS/c1-9(2)14-12(8-13)11-6-4-5-10(3)7-11/h4-7,9,12H,8,13H2,1-3H3. The summed E-state index contributed by atoms with van der Waals surface area (Å²) in [6.45, 7) is 7.26. The Kier molecular flexibility index (Phi) is 4.49. The zero-order valence-corrected chi connectivity index (χ0v) is 9.97. The van der Waals surface area contributed by atoms with E-state index in [2.05, 4.69) is 45.0 Å². The van der Waals surface area contributed by atoms with Crippen molar-refractivity contribution >= 4 is 11.8 Å². The molecule has 0 aliphatic carbocycles. The molecule has 0 aliphatic heterocycles. The van der Waals surface area contributed by atoms with Crippen LogP contribution in [0, 0.1) is 6.92 Å². The van der Waals surface area contributed by atoms with Crippen molar-refractivity contribution in [3.05, 3.63) is 35.4 Å². The Labute approximate surface area is 91.1 Å². The van der Waals surface area contributed by atoms with Crippen molar-refractivity contribution in [2.24, 2.45) is 5.73 Å². The first-order valence-electron chi connectivity index (χ1n) is 5.05. The number of benzene rings is 1. The summed E-state index contributed by atoms with van der Waals surface area (Å²) in [4.78, 5) is 0. The molecule has 1 aromatic carbocycles. The van der Waals surface area contributed by atoms with Crippen molar-refractivity contribution in [3.8, 4) is 0 Å². The van der Waals surface area contributed by atoms with Gasteiger partial charge in [-0.15, -0.1) is 11.8 Å². The summed E-state index contributed by atoms with van der Waals surface area (Å²) in [5.74, 6) is 0. The van der Waals surface area contributed by atoms with Crippen LogP contribution >= 0.6 is 11.8 Å². The molecule has 0 aliphatic rings. The van der Waals surface area contributed by atoms with E-state index in [1.165, 1.54) is 11.1 Å². The maximum Gasteiger partial charge on any atom is 0.0422 e. The SMILES string of the molecule is Cc1cccc(C(CN)SC(C)C)c1. The van der Waals surface area contributed by atoms with Gasteiger partial charge in [0.05, 0.1) is 0 Å². The van der Waals surface area contributed by atoms with Crippen LogP contribution in [0.2, 0.25) is 0 Å². The Balaban J connectivity index is 2.78. The van der Waals surface area contributed by atoms with E-state index >= 15 is 0 Å². The van der Waals surface area contributed by atoms with Gasteiger partial charge in [0, 0.05) is 11.8 Å². The molecular formula is C12H19NS. The zero-order chi connectivity index (χ0) is 10.6. The molecule has 0 saturated carbocycles. The number of nitrogens with two attached hydrogens (primary N) is 1. The second-order valence-electron chi connectivity index (χ2n) is 3.82. The molecule has 0 heterocycles. The van der Waals surface area contributed by atoms with Crippen molar-refractivity contribution in [2.45, 2.75) is 31.3 Å². The van der Waals surface area contributed by atoms with Crippen LogP contribution in [-0.4, -0.2) is 11.8 Å². The van der Waals surface area contributed by atoms with Gasteiger partial charge >= 0.3 is 0 Å². The van der Waals surface area contributed by atoms with E-state index in [0.29, 0.717) is 17.0 Å². The van der Waals surface area contributed by atoms with E-state index in [-0.39, 0.29) is 0 Å². The lowest BCUT2D eigenvalue weighted by Gasteiger charge is -2.17. The summed E-state index contributed by atoms with van der Waals surface area (Å²) in [6.07, 6.45) is 0. The van der Waals surface area contributed by atoms with Gasteiger partial charge in [0.1, 0.15) is 0 Å². The molecule has 2 heteroatoms. The lowest BCUT2D eigenvalue weighted by Crippen LogP contribution is -2.11. The molecule has 0 saturated heterocycles. The topological polar surface area (TPSA) is 26.0 Å². The second-order valence-corrected chi connectivity index (χ2v) is 5.61. The van der Waals surface area contributed by atoms with Gasteiger partial charge in [-0.05, 0) is 17.7 Å². The maximum atomic E-state index is 5.78. The van der Waals surface area contributed by atoms with E-state index in [9.17, 15) is 0 Å². The molecular weight excluding hydrogens is 190 g/mol. The number of hydrogen-bond donors (Lipinski definition) is 1. The first kappa shape index (κ1) is 11.6. The molecule has 0 spiro atoms. The van der Waals surface area contributed by atoms with Crippen LogP contribution in [0.4, 0.5) is 0 Å². The van der Waals surface area contributed by atoms with Crippen LogP contribution < -0.4 is 5.73 Å². The summed E-state index contributed by atoms with van der Waals surface area (Å²) in [6, 6.07) is 8.62. The third-order valence-electron chi connectivity index (χ3n) is 2.06. The average Bonchev–Trinajstić information content (AvgIpc) is 2.14. The van der Waals surface area contributed by atoms with E-state index < -0.39 is 0 Å². The molecule has 1 unspecified atom stereocenters. The lowest BCUT2D eigenvalue weighted by atomic mass is 10.1. The molecule has 1 rings (SSSR count). The minimum atomic E-state index is 0.440. The van der Waals surface area contributed by atoms with E-state index in [1.54, 1.807) is 0 Å². The molecule has 14 heavy (non-hydrogen) atoms. The summed E-state index contributed by atoms with van der Waals surface area (Å²) >= 11 is 1.94. The Morgan fingerprint density at radius 1 is 1.36 bits per heavy atom. The normalized spacial score (nSPS) is 13.2. The van der Waals surface area contributed by atoms with Gasteiger partial charge in [-0.2, -0.15) is 0 Å². The van der Waals surface area contributed by atoms with Crippen LogP contribution in [0.15, 0.2) is 24.3 Å². The van der Waals surface area contributed by atoms with Crippen molar-refractivity contribution in [1.82, 2.24) is 0 Å². The zero-order valence-electron chi connectivity index (χ0n) is 9.16. The monoisotopic (exact) mass is 209 g/mol. The largest absolute Gasteiger partial charge is 0.329 e. The molecule has 0 fully saturated rings. The minimum Gasteiger partial charge on any atom is -0.329 e. The molecule has 2 N–H and O–H groups in total. The predicted molar refractivity (Wildman–Crippen MR) is 65.7 cm³/mol. The van der Waals surface area contributed by atoms with Crippen molar-refractivity contribution in [2.75, 3.05) is 6.54 Å². The molecule has 0 radical (unpaired) electrons. The van der Waals surface area contributed by atoms with Gasteiger partial charge < -0.3 is 5.73 Å². The lowest BCUT2D eigenvalue weighted by molar-refractivity contribution is 0.927. The number of aryl methyl sites for hydroxylation is 1. The molecule has 0 amide bonds. The summed E-state index contributed by atoms with van der Waals surface area (Å²) < 4.78 is 0. The highest BCUT2D eigenvalue weighted by Gasteiger charge is 2.11. The first-order chi connectivity index (χ1) is 6.63. The fourth-order valence-corrected chi connectivity index (χ4v) is 2.54. The quantitative estimate of drug-likeness (QED) is 0.824. The van der Waals surface area contributed by atoms with Gasteiger partial charge in [0.15, 0.2) is 0 Å². The maximum absolute atomic E-state index is 5.78. The highest BCUT2D eigenvalue weighted by molar-refractivity contribution is 8.00. The third-order valence-corrected chi connectivity index (χ3v) is 3.40. The van der Waals surface area contributed by atoms with Gasteiger partial charge in [-0.3, -0.25) is 0 Å². The highest BCUT2D eigenvalue weighted by atomic mass is 32.2.